The zero-order valence-electron chi connectivity index (χ0n) is 15.8. The van der Waals surface area contributed by atoms with E-state index in [9.17, 15) is 9.59 Å². The van der Waals surface area contributed by atoms with Crippen LogP contribution in [-0.4, -0.2) is 36.5 Å². The molecule has 2 amide bonds. The molecular formula is C21H24N2O5. The Balaban J connectivity index is 1.40. The van der Waals surface area contributed by atoms with E-state index in [0.29, 0.717) is 32.1 Å². The van der Waals surface area contributed by atoms with Crippen molar-refractivity contribution in [1.29, 1.82) is 0 Å². The van der Waals surface area contributed by atoms with Crippen LogP contribution in [0.4, 0.5) is 0 Å². The topological polar surface area (TPSA) is 81.0 Å². The molecule has 0 aliphatic carbocycles. The number of furan rings is 1. The molecule has 0 bridgehead atoms. The lowest BCUT2D eigenvalue weighted by atomic mass is 10.0. The lowest BCUT2D eigenvalue weighted by Crippen LogP contribution is -2.35. The Morgan fingerprint density at radius 3 is 2.82 bits per heavy atom. The second kappa shape index (κ2) is 7.96. The van der Waals surface area contributed by atoms with Crippen molar-refractivity contribution in [2.45, 2.75) is 32.4 Å². The van der Waals surface area contributed by atoms with Gasteiger partial charge < -0.3 is 24.1 Å². The van der Waals surface area contributed by atoms with Gasteiger partial charge in [0.2, 0.25) is 11.8 Å². The second-order valence-electron chi connectivity index (χ2n) is 7.13. The largest absolute Gasteiger partial charge is 0.486 e. The molecule has 1 aromatic heterocycles. The van der Waals surface area contributed by atoms with Crippen molar-refractivity contribution in [3.05, 3.63) is 47.9 Å². The average Bonchev–Trinajstić information content (AvgIpc) is 3.36. The molecule has 2 aromatic rings. The molecule has 7 heteroatoms. The van der Waals surface area contributed by atoms with Crippen LogP contribution >= 0.6 is 0 Å². The maximum Gasteiger partial charge on any atom is 0.225 e. The van der Waals surface area contributed by atoms with E-state index in [1.165, 1.54) is 0 Å². The molecule has 0 spiro atoms. The molecule has 0 unspecified atom stereocenters. The monoisotopic (exact) mass is 384 g/mol. The molecule has 7 nitrogen and oxygen atoms in total. The van der Waals surface area contributed by atoms with Gasteiger partial charge in [-0.25, -0.2) is 0 Å². The summed E-state index contributed by atoms with van der Waals surface area (Å²) in [5.41, 5.74) is 0.969. The van der Waals surface area contributed by atoms with Crippen LogP contribution < -0.4 is 14.8 Å². The van der Waals surface area contributed by atoms with Gasteiger partial charge in [0.05, 0.1) is 24.8 Å². The van der Waals surface area contributed by atoms with Crippen molar-refractivity contribution in [3.8, 4) is 11.5 Å². The van der Waals surface area contributed by atoms with Gasteiger partial charge in [0.15, 0.2) is 11.5 Å². The van der Waals surface area contributed by atoms with Crippen molar-refractivity contribution >= 4 is 11.8 Å². The molecule has 1 N–H and O–H groups in total. The fourth-order valence-electron chi connectivity index (χ4n) is 3.68. The third kappa shape index (κ3) is 3.83. The Bertz CT molecular complexity index is 848. The first-order chi connectivity index (χ1) is 13.6. The van der Waals surface area contributed by atoms with Crippen molar-refractivity contribution in [2.75, 3.05) is 19.8 Å². The van der Waals surface area contributed by atoms with Crippen LogP contribution in [0.1, 0.15) is 37.1 Å². The predicted molar refractivity (Wildman–Crippen MR) is 101 cm³/mol. The summed E-state index contributed by atoms with van der Waals surface area (Å²) in [7, 11) is 0. The van der Waals surface area contributed by atoms with Crippen LogP contribution in [0.15, 0.2) is 41.0 Å². The number of amides is 2. The summed E-state index contributed by atoms with van der Waals surface area (Å²) in [6.45, 7) is 3.89. The van der Waals surface area contributed by atoms with Gasteiger partial charge in [-0.05, 0) is 36.2 Å². The molecule has 2 aliphatic heterocycles. The van der Waals surface area contributed by atoms with E-state index in [4.69, 9.17) is 13.9 Å². The molecule has 1 fully saturated rings. The summed E-state index contributed by atoms with van der Waals surface area (Å²) in [5.74, 6) is 1.68. The van der Waals surface area contributed by atoms with E-state index < -0.39 is 0 Å². The minimum atomic E-state index is -0.353. The lowest BCUT2D eigenvalue weighted by Gasteiger charge is -2.23. The van der Waals surface area contributed by atoms with E-state index in [-0.39, 0.29) is 30.2 Å². The Labute approximate surface area is 163 Å². The quantitative estimate of drug-likeness (QED) is 0.828. The number of ether oxygens (including phenoxy) is 2. The van der Waals surface area contributed by atoms with E-state index in [0.717, 1.165) is 23.5 Å². The number of hydrogen-bond donors (Lipinski definition) is 1. The van der Waals surface area contributed by atoms with Crippen LogP contribution in [-0.2, 0) is 16.1 Å². The van der Waals surface area contributed by atoms with E-state index >= 15 is 0 Å². The SMILES string of the molecule is CC[C@@H](NC(=O)[C@H]1CC(=O)N(Cc2ccco2)C1)c1ccc2c(c1)OCCO2. The Morgan fingerprint density at radius 2 is 2.07 bits per heavy atom. The summed E-state index contributed by atoms with van der Waals surface area (Å²) in [5, 5.41) is 3.09. The van der Waals surface area contributed by atoms with Gasteiger partial charge in [-0.2, -0.15) is 0 Å². The highest BCUT2D eigenvalue weighted by Gasteiger charge is 2.35. The third-order valence-electron chi connectivity index (χ3n) is 5.21. The normalized spacial score (nSPS) is 19.5. The first kappa shape index (κ1) is 18.4. The van der Waals surface area contributed by atoms with Crippen molar-refractivity contribution in [2.24, 2.45) is 5.92 Å². The molecule has 2 aliphatic rings. The lowest BCUT2D eigenvalue weighted by molar-refractivity contribution is -0.129. The standard InChI is InChI=1S/C21H24N2O5/c1-2-17(14-5-6-18-19(10-14)28-9-8-27-18)22-21(25)15-11-20(24)23(12-15)13-16-4-3-7-26-16/h3-7,10,15,17H,2,8-9,11-13H2,1H3,(H,22,25)/t15-,17+/m0/s1. The summed E-state index contributed by atoms with van der Waals surface area (Å²) < 4.78 is 16.5. The summed E-state index contributed by atoms with van der Waals surface area (Å²) in [6.07, 6.45) is 2.55. The number of carbonyl (C=O) groups excluding carboxylic acids is 2. The molecule has 1 saturated heterocycles. The van der Waals surface area contributed by atoms with Crippen molar-refractivity contribution in [1.82, 2.24) is 10.2 Å². The number of hydrogen-bond acceptors (Lipinski definition) is 5. The highest BCUT2D eigenvalue weighted by molar-refractivity contribution is 5.89. The van der Waals surface area contributed by atoms with Gasteiger partial charge in [0.1, 0.15) is 19.0 Å². The molecule has 28 heavy (non-hydrogen) atoms. The summed E-state index contributed by atoms with van der Waals surface area (Å²) >= 11 is 0. The zero-order chi connectivity index (χ0) is 19.5. The van der Waals surface area contributed by atoms with Gasteiger partial charge in [-0.15, -0.1) is 0 Å². The molecule has 1 aromatic carbocycles. The van der Waals surface area contributed by atoms with Crippen molar-refractivity contribution < 1.29 is 23.5 Å². The number of fused-ring (bicyclic) bond motifs is 1. The number of likely N-dealkylation sites (tertiary alicyclic amines) is 1. The van der Waals surface area contributed by atoms with Gasteiger partial charge in [0.25, 0.3) is 0 Å². The van der Waals surface area contributed by atoms with Crippen LogP contribution in [0, 0.1) is 5.92 Å². The van der Waals surface area contributed by atoms with Gasteiger partial charge in [-0.1, -0.05) is 13.0 Å². The molecule has 2 atom stereocenters. The van der Waals surface area contributed by atoms with Crippen LogP contribution in [0.25, 0.3) is 0 Å². The smallest absolute Gasteiger partial charge is 0.225 e. The Hall–Kier alpha value is -2.96. The summed E-state index contributed by atoms with van der Waals surface area (Å²) in [6, 6.07) is 9.23. The Morgan fingerprint density at radius 1 is 1.25 bits per heavy atom. The molecule has 0 radical (unpaired) electrons. The highest BCUT2D eigenvalue weighted by atomic mass is 16.6. The van der Waals surface area contributed by atoms with E-state index in [1.807, 2.05) is 31.2 Å². The number of carbonyl (C=O) groups is 2. The number of benzene rings is 1. The predicted octanol–water partition coefficient (Wildman–Crippen LogP) is 2.67. The highest BCUT2D eigenvalue weighted by Crippen LogP contribution is 2.33. The Kier molecular flexibility index (Phi) is 5.23. The van der Waals surface area contributed by atoms with E-state index in [1.54, 1.807) is 17.2 Å². The van der Waals surface area contributed by atoms with Crippen LogP contribution in [0.3, 0.4) is 0 Å². The molecule has 148 valence electrons. The zero-order valence-corrected chi connectivity index (χ0v) is 15.8. The van der Waals surface area contributed by atoms with Crippen LogP contribution in [0.5, 0.6) is 11.5 Å². The maximum absolute atomic E-state index is 12.8. The van der Waals surface area contributed by atoms with Gasteiger partial charge in [-0.3, -0.25) is 9.59 Å². The maximum atomic E-state index is 12.8. The molecular weight excluding hydrogens is 360 g/mol. The summed E-state index contributed by atoms with van der Waals surface area (Å²) in [4.78, 5) is 26.8. The molecule has 0 saturated carbocycles. The van der Waals surface area contributed by atoms with Crippen LogP contribution in [0.2, 0.25) is 0 Å². The number of rotatable bonds is 6. The number of nitrogens with zero attached hydrogens (tertiary/aromatic N) is 1. The average molecular weight is 384 g/mol. The fraction of sp³-hybridized carbons (Fsp3) is 0.429. The minimum absolute atomic E-state index is 0.0241. The molecule has 3 heterocycles. The fourth-order valence-corrected chi connectivity index (χ4v) is 3.68. The van der Waals surface area contributed by atoms with Crippen molar-refractivity contribution in [3.63, 3.8) is 0 Å². The van der Waals surface area contributed by atoms with E-state index in [2.05, 4.69) is 5.32 Å². The second-order valence-corrected chi connectivity index (χ2v) is 7.13. The van der Waals surface area contributed by atoms with Gasteiger partial charge in [0, 0.05) is 13.0 Å². The number of nitrogens with one attached hydrogen (secondary N) is 1. The first-order valence-electron chi connectivity index (χ1n) is 9.64. The first-order valence-corrected chi connectivity index (χ1v) is 9.64. The minimum Gasteiger partial charge on any atom is -0.486 e. The van der Waals surface area contributed by atoms with Gasteiger partial charge >= 0.3 is 0 Å². The third-order valence-corrected chi connectivity index (χ3v) is 5.21. The molecule has 4 rings (SSSR count).